The van der Waals surface area contributed by atoms with Crippen LogP contribution >= 0.6 is 0 Å². The van der Waals surface area contributed by atoms with Crippen LogP contribution in [0.1, 0.15) is 18.6 Å². The lowest BCUT2D eigenvalue weighted by Crippen LogP contribution is -2.33. The Labute approximate surface area is 105 Å². The number of benzene rings is 1. The zero-order valence-corrected chi connectivity index (χ0v) is 10.3. The maximum atomic E-state index is 10.8. The first-order valence-electron chi connectivity index (χ1n) is 5.47. The van der Waals surface area contributed by atoms with E-state index in [4.69, 9.17) is 15.2 Å². The van der Waals surface area contributed by atoms with Crippen molar-refractivity contribution in [2.45, 2.75) is 19.1 Å². The van der Waals surface area contributed by atoms with E-state index in [1.807, 2.05) is 0 Å². The van der Waals surface area contributed by atoms with Gasteiger partial charge in [0.1, 0.15) is 6.10 Å². The molecule has 100 valence electrons. The van der Waals surface area contributed by atoms with Gasteiger partial charge in [-0.3, -0.25) is 4.79 Å². The topological polar surface area (TPSA) is 102 Å². The predicted octanol–water partition coefficient (Wildman–Crippen LogP) is -0.0265. The van der Waals surface area contributed by atoms with Crippen LogP contribution in [0.15, 0.2) is 18.2 Å². The van der Waals surface area contributed by atoms with Gasteiger partial charge in [-0.1, -0.05) is 6.07 Å². The number of amides is 1. The van der Waals surface area contributed by atoms with Crippen LogP contribution < -0.4 is 15.2 Å². The van der Waals surface area contributed by atoms with Gasteiger partial charge in [0.15, 0.2) is 17.6 Å². The van der Waals surface area contributed by atoms with Crippen molar-refractivity contribution in [3.63, 3.8) is 0 Å². The Kier molecular flexibility index (Phi) is 4.94. The second kappa shape index (κ2) is 6.23. The molecule has 1 aromatic rings. The molecule has 0 saturated carbocycles. The largest absolute Gasteiger partial charge is 0.493 e. The summed E-state index contributed by atoms with van der Waals surface area (Å²) >= 11 is 0. The van der Waals surface area contributed by atoms with Crippen LogP contribution in [-0.2, 0) is 4.79 Å². The summed E-state index contributed by atoms with van der Waals surface area (Å²) < 4.78 is 10.4. The van der Waals surface area contributed by atoms with Gasteiger partial charge in [0, 0.05) is 0 Å². The number of aliphatic hydroxyl groups is 2. The smallest absolute Gasteiger partial charge is 0.249 e. The molecule has 2 atom stereocenters. The molecule has 0 heterocycles. The van der Waals surface area contributed by atoms with E-state index < -0.39 is 18.1 Å². The third-order valence-electron chi connectivity index (χ3n) is 2.42. The molecule has 0 fully saturated rings. The number of carbonyl (C=O) groups is 1. The van der Waals surface area contributed by atoms with Gasteiger partial charge >= 0.3 is 0 Å². The molecular formula is C12H17NO5. The van der Waals surface area contributed by atoms with Crippen molar-refractivity contribution in [1.29, 1.82) is 0 Å². The van der Waals surface area contributed by atoms with Crippen LogP contribution in [-0.4, -0.2) is 35.9 Å². The lowest BCUT2D eigenvalue weighted by atomic mass is 10.0. The molecule has 0 aliphatic carbocycles. The van der Waals surface area contributed by atoms with Crippen molar-refractivity contribution in [3.05, 3.63) is 23.8 Å². The highest BCUT2D eigenvalue weighted by atomic mass is 16.5. The fraction of sp³-hybridized carbons (Fsp3) is 0.417. The Morgan fingerprint density at radius 1 is 1.39 bits per heavy atom. The Bertz CT molecular complexity index is 421. The average molecular weight is 255 g/mol. The molecule has 1 amide bonds. The second-order valence-electron chi connectivity index (χ2n) is 3.64. The minimum atomic E-state index is -1.66. The zero-order valence-electron chi connectivity index (χ0n) is 10.3. The Morgan fingerprint density at radius 3 is 2.56 bits per heavy atom. The Morgan fingerprint density at radius 2 is 2.06 bits per heavy atom. The van der Waals surface area contributed by atoms with Crippen LogP contribution in [0.4, 0.5) is 0 Å². The molecule has 1 rings (SSSR count). The second-order valence-corrected chi connectivity index (χ2v) is 3.64. The number of primary amides is 1. The lowest BCUT2D eigenvalue weighted by Gasteiger charge is -2.17. The van der Waals surface area contributed by atoms with Gasteiger partial charge in [-0.05, 0) is 24.6 Å². The third kappa shape index (κ3) is 3.12. The molecule has 0 bridgehead atoms. The highest BCUT2D eigenvalue weighted by molar-refractivity contribution is 5.79. The van der Waals surface area contributed by atoms with Crippen molar-refractivity contribution in [2.24, 2.45) is 5.73 Å². The molecule has 6 heteroatoms. The lowest BCUT2D eigenvalue weighted by molar-refractivity contribution is -0.131. The van der Waals surface area contributed by atoms with Gasteiger partial charge in [-0.15, -0.1) is 0 Å². The fourth-order valence-electron chi connectivity index (χ4n) is 1.48. The highest BCUT2D eigenvalue weighted by Crippen LogP contribution is 2.31. The molecule has 6 nitrogen and oxygen atoms in total. The summed E-state index contributed by atoms with van der Waals surface area (Å²) in [6.07, 6.45) is -3.06. The fourth-order valence-corrected chi connectivity index (χ4v) is 1.48. The van der Waals surface area contributed by atoms with Gasteiger partial charge in [0.2, 0.25) is 5.91 Å². The molecule has 0 aliphatic rings. The van der Waals surface area contributed by atoms with Crippen molar-refractivity contribution in [3.8, 4) is 11.5 Å². The molecule has 0 aromatic heterocycles. The number of carbonyl (C=O) groups excluding carboxylic acids is 1. The molecule has 0 aliphatic heterocycles. The summed E-state index contributed by atoms with van der Waals surface area (Å²) in [5.74, 6) is -0.0640. The van der Waals surface area contributed by atoms with Crippen LogP contribution in [0.25, 0.3) is 0 Å². The number of hydrogen-bond acceptors (Lipinski definition) is 5. The number of aliphatic hydroxyl groups excluding tert-OH is 2. The molecule has 4 N–H and O–H groups in total. The number of rotatable bonds is 6. The van der Waals surface area contributed by atoms with E-state index in [9.17, 15) is 15.0 Å². The molecule has 1 aromatic carbocycles. The van der Waals surface area contributed by atoms with Crippen LogP contribution in [0.3, 0.4) is 0 Å². The highest BCUT2D eigenvalue weighted by Gasteiger charge is 2.24. The minimum absolute atomic E-state index is 0.325. The minimum Gasteiger partial charge on any atom is -0.493 e. The monoisotopic (exact) mass is 255 g/mol. The quantitative estimate of drug-likeness (QED) is 0.662. The molecule has 0 radical (unpaired) electrons. The van der Waals surface area contributed by atoms with E-state index in [2.05, 4.69) is 0 Å². The summed E-state index contributed by atoms with van der Waals surface area (Å²) in [4.78, 5) is 10.8. The normalized spacial score (nSPS) is 13.8. The van der Waals surface area contributed by atoms with E-state index >= 15 is 0 Å². The van der Waals surface area contributed by atoms with Crippen molar-refractivity contribution < 1.29 is 24.5 Å². The van der Waals surface area contributed by atoms with Crippen LogP contribution in [0, 0.1) is 0 Å². The van der Waals surface area contributed by atoms with E-state index in [-0.39, 0.29) is 0 Å². The Hall–Kier alpha value is -1.79. The van der Waals surface area contributed by atoms with Gasteiger partial charge in [-0.2, -0.15) is 0 Å². The number of methoxy groups -OCH3 is 1. The van der Waals surface area contributed by atoms with E-state index in [1.165, 1.54) is 19.2 Å². The number of ether oxygens (including phenoxy) is 2. The SMILES string of the molecule is CCOc1cc(C(O)C(O)C(N)=O)ccc1OC. The first-order valence-corrected chi connectivity index (χ1v) is 5.47. The standard InChI is InChI=1S/C12H17NO5/c1-3-18-9-6-7(4-5-8(9)17-2)10(14)11(15)12(13)16/h4-6,10-11,14-15H,3H2,1-2H3,(H2,13,16). The van der Waals surface area contributed by atoms with E-state index in [1.54, 1.807) is 13.0 Å². The Balaban J connectivity index is 3.03. The van der Waals surface area contributed by atoms with Crippen LogP contribution in [0.2, 0.25) is 0 Å². The zero-order chi connectivity index (χ0) is 13.7. The van der Waals surface area contributed by atoms with Crippen molar-refractivity contribution in [2.75, 3.05) is 13.7 Å². The predicted molar refractivity (Wildman–Crippen MR) is 64.3 cm³/mol. The third-order valence-corrected chi connectivity index (χ3v) is 2.42. The molecule has 0 saturated heterocycles. The molecule has 0 spiro atoms. The maximum Gasteiger partial charge on any atom is 0.249 e. The average Bonchev–Trinajstić information content (AvgIpc) is 2.37. The van der Waals surface area contributed by atoms with Crippen LogP contribution in [0.5, 0.6) is 11.5 Å². The maximum absolute atomic E-state index is 10.8. The first kappa shape index (κ1) is 14.3. The van der Waals surface area contributed by atoms with E-state index in [0.717, 1.165) is 0 Å². The summed E-state index contributed by atoms with van der Waals surface area (Å²) in [7, 11) is 1.49. The summed E-state index contributed by atoms with van der Waals surface area (Å²) in [6, 6.07) is 4.61. The van der Waals surface area contributed by atoms with Gasteiger partial charge in [-0.25, -0.2) is 0 Å². The van der Waals surface area contributed by atoms with Crippen molar-refractivity contribution in [1.82, 2.24) is 0 Å². The van der Waals surface area contributed by atoms with E-state index in [0.29, 0.717) is 23.7 Å². The number of nitrogens with two attached hydrogens (primary N) is 1. The summed E-state index contributed by atoms with van der Waals surface area (Å²) in [6.45, 7) is 2.23. The molecule has 18 heavy (non-hydrogen) atoms. The van der Waals surface area contributed by atoms with Crippen molar-refractivity contribution >= 4 is 5.91 Å². The number of hydrogen-bond donors (Lipinski definition) is 3. The summed E-state index contributed by atoms with van der Waals surface area (Å²) in [5, 5.41) is 19.2. The molecule has 2 unspecified atom stereocenters. The van der Waals surface area contributed by atoms with Gasteiger partial charge in [0.25, 0.3) is 0 Å². The van der Waals surface area contributed by atoms with Gasteiger partial charge in [0.05, 0.1) is 13.7 Å². The van der Waals surface area contributed by atoms with Gasteiger partial charge < -0.3 is 25.4 Å². The first-order chi connectivity index (χ1) is 8.51. The molecular weight excluding hydrogens is 238 g/mol. The summed E-state index contributed by atoms with van der Waals surface area (Å²) in [5.41, 5.74) is 5.25.